The molecule has 1 aliphatic carbocycles. The van der Waals surface area contributed by atoms with Crippen molar-refractivity contribution in [2.45, 2.75) is 17.4 Å². The molecule has 4 nitrogen and oxygen atoms in total. The normalized spacial score (nSPS) is 24.7. The van der Waals surface area contributed by atoms with Crippen molar-refractivity contribution >= 4 is 17.7 Å². The van der Waals surface area contributed by atoms with Crippen LogP contribution >= 0.6 is 11.8 Å². The highest BCUT2D eigenvalue weighted by atomic mass is 32.2. The van der Waals surface area contributed by atoms with E-state index >= 15 is 0 Å². The van der Waals surface area contributed by atoms with E-state index in [0.29, 0.717) is 17.9 Å². The van der Waals surface area contributed by atoms with E-state index in [-0.39, 0.29) is 6.61 Å². The molecule has 1 fully saturated rings. The van der Waals surface area contributed by atoms with E-state index in [1.54, 1.807) is 24.2 Å². The Bertz CT molecular complexity index is 303. The molecule has 0 aliphatic heterocycles. The van der Waals surface area contributed by atoms with E-state index in [2.05, 4.69) is 15.3 Å². The molecule has 2 N–H and O–H groups in total. The van der Waals surface area contributed by atoms with Gasteiger partial charge in [0.15, 0.2) is 0 Å². The second kappa shape index (κ2) is 4.14. The molecule has 1 heterocycles. The Morgan fingerprint density at radius 3 is 2.79 bits per heavy atom. The van der Waals surface area contributed by atoms with Gasteiger partial charge in [-0.2, -0.15) is 0 Å². The average Bonchev–Trinajstić information content (AvgIpc) is 2.98. The van der Waals surface area contributed by atoms with Crippen molar-refractivity contribution in [3.05, 3.63) is 12.4 Å². The standard InChI is InChI=1S/C9H13N3OS/c1-14-7-3-10-9(11-4-7)12-8-2-6(8)5-13/h3-4,6,8,13H,2,5H2,1H3,(H,10,11,12). The van der Waals surface area contributed by atoms with Gasteiger partial charge in [0.25, 0.3) is 0 Å². The number of rotatable bonds is 4. The molecule has 0 spiro atoms. The molecule has 0 aromatic carbocycles. The van der Waals surface area contributed by atoms with Gasteiger partial charge in [0.05, 0.1) is 0 Å². The SMILES string of the molecule is CSc1cnc(NC2CC2CO)nc1. The maximum Gasteiger partial charge on any atom is 0.222 e. The summed E-state index contributed by atoms with van der Waals surface area (Å²) in [5, 5.41) is 12.0. The summed E-state index contributed by atoms with van der Waals surface area (Å²) in [4.78, 5) is 9.41. The van der Waals surface area contributed by atoms with Crippen LogP contribution in [0.2, 0.25) is 0 Å². The lowest BCUT2D eigenvalue weighted by Gasteiger charge is -2.02. The molecule has 1 aliphatic rings. The minimum absolute atomic E-state index is 0.251. The molecule has 76 valence electrons. The zero-order valence-electron chi connectivity index (χ0n) is 7.97. The lowest BCUT2D eigenvalue weighted by molar-refractivity contribution is 0.275. The van der Waals surface area contributed by atoms with Crippen LogP contribution in [0.4, 0.5) is 5.95 Å². The first-order valence-corrected chi connectivity index (χ1v) is 5.79. The number of aliphatic hydroxyl groups excluding tert-OH is 1. The third kappa shape index (κ3) is 2.16. The lowest BCUT2D eigenvalue weighted by atomic mass is 10.4. The van der Waals surface area contributed by atoms with Crippen molar-refractivity contribution in [1.29, 1.82) is 0 Å². The van der Waals surface area contributed by atoms with Crippen LogP contribution in [-0.4, -0.2) is 34.0 Å². The molecule has 2 rings (SSSR count). The number of hydrogen-bond acceptors (Lipinski definition) is 5. The second-order valence-corrected chi connectivity index (χ2v) is 4.26. The number of hydrogen-bond donors (Lipinski definition) is 2. The molecule has 14 heavy (non-hydrogen) atoms. The summed E-state index contributed by atoms with van der Waals surface area (Å²) < 4.78 is 0. The Kier molecular flexibility index (Phi) is 2.88. The highest BCUT2D eigenvalue weighted by Crippen LogP contribution is 2.31. The molecule has 5 heteroatoms. The minimum Gasteiger partial charge on any atom is -0.396 e. The Morgan fingerprint density at radius 2 is 2.29 bits per heavy atom. The maximum absolute atomic E-state index is 8.85. The number of thioether (sulfide) groups is 1. The highest BCUT2D eigenvalue weighted by Gasteiger charge is 2.36. The van der Waals surface area contributed by atoms with E-state index in [4.69, 9.17) is 5.11 Å². The summed E-state index contributed by atoms with van der Waals surface area (Å²) in [7, 11) is 0. The van der Waals surface area contributed by atoms with Crippen molar-refractivity contribution in [2.75, 3.05) is 18.2 Å². The van der Waals surface area contributed by atoms with Gasteiger partial charge in [-0.05, 0) is 12.7 Å². The summed E-state index contributed by atoms with van der Waals surface area (Å²) in [5.41, 5.74) is 0. The number of aromatic nitrogens is 2. The topological polar surface area (TPSA) is 58.0 Å². The van der Waals surface area contributed by atoms with Crippen molar-refractivity contribution in [1.82, 2.24) is 9.97 Å². The first kappa shape index (κ1) is 9.73. The van der Waals surface area contributed by atoms with Gasteiger partial charge in [-0.1, -0.05) is 0 Å². The van der Waals surface area contributed by atoms with Crippen LogP contribution in [0.15, 0.2) is 17.3 Å². The van der Waals surface area contributed by atoms with Gasteiger partial charge in [-0.3, -0.25) is 0 Å². The van der Waals surface area contributed by atoms with E-state index in [1.807, 2.05) is 6.26 Å². The van der Waals surface area contributed by atoms with Crippen LogP contribution < -0.4 is 5.32 Å². The molecular weight excluding hydrogens is 198 g/mol. The molecule has 0 amide bonds. The molecule has 0 saturated heterocycles. The van der Waals surface area contributed by atoms with Gasteiger partial charge in [-0.15, -0.1) is 11.8 Å². The van der Waals surface area contributed by atoms with Gasteiger partial charge in [0.2, 0.25) is 5.95 Å². The molecule has 2 atom stereocenters. The van der Waals surface area contributed by atoms with Crippen molar-refractivity contribution in [2.24, 2.45) is 5.92 Å². The quantitative estimate of drug-likeness (QED) is 0.727. The fourth-order valence-electron chi connectivity index (χ4n) is 1.29. The van der Waals surface area contributed by atoms with Gasteiger partial charge < -0.3 is 10.4 Å². The van der Waals surface area contributed by atoms with Gasteiger partial charge in [-0.25, -0.2) is 9.97 Å². The fraction of sp³-hybridized carbons (Fsp3) is 0.556. The second-order valence-electron chi connectivity index (χ2n) is 3.38. The minimum atomic E-state index is 0.251. The fourth-order valence-corrected chi connectivity index (χ4v) is 1.60. The van der Waals surface area contributed by atoms with E-state index < -0.39 is 0 Å². The first-order valence-electron chi connectivity index (χ1n) is 4.57. The zero-order chi connectivity index (χ0) is 9.97. The predicted molar refractivity (Wildman–Crippen MR) is 56.4 cm³/mol. The summed E-state index contributed by atoms with van der Waals surface area (Å²) in [5.74, 6) is 1.04. The largest absolute Gasteiger partial charge is 0.396 e. The molecule has 1 aromatic rings. The van der Waals surface area contributed by atoms with Crippen LogP contribution in [0.1, 0.15) is 6.42 Å². The van der Waals surface area contributed by atoms with Gasteiger partial charge >= 0.3 is 0 Å². The summed E-state index contributed by atoms with van der Waals surface area (Å²) in [6.07, 6.45) is 6.62. The monoisotopic (exact) mass is 211 g/mol. The van der Waals surface area contributed by atoms with Crippen LogP contribution in [0.25, 0.3) is 0 Å². The molecule has 0 bridgehead atoms. The summed E-state index contributed by atoms with van der Waals surface area (Å²) in [6.45, 7) is 0.251. The first-order chi connectivity index (χ1) is 6.83. The molecule has 2 unspecified atom stereocenters. The van der Waals surface area contributed by atoms with Gasteiger partial charge in [0, 0.05) is 35.9 Å². The smallest absolute Gasteiger partial charge is 0.222 e. The van der Waals surface area contributed by atoms with Gasteiger partial charge in [0.1, 0.15) is 0 Å². The maximum atomic E-state index is 8.85. The van der Waals surface area contributed by atoms with Crippen LogP contribution in [-0.2, 0) is 0 Å². The van der Waals surface area contributed by atoms with E-state index in [0.717, 1.165) is 11.3 Å². The van der Waals surface area contributed by atoms with Crippen molar-refractivity contribution < 1.29 is 5.11 Å². The third-order valence-corrected chi connectivity index (χ3v) is 3.02. The number of nitrogens with one attached hydrogen (secondary N) is 1. The van der Waals surface area contributed by atoms with E-state index in [9.17, 15) is 0 Å². The highest BCUT2D eigenvalue weighted by molar-refractivity contribution is 7.98. The third-order valence-electron chi connectivity index (χ3n) is 2.34. The number of anilines is 1. The summed E-state index contributed by atoms with van der Waals surface area (Å²) >= 11 is 1.62. The Balaban J connectivity index is 1.91. The van der Waals surface area contributed by atoms with Crippen molar-refractivity contribution in [3.63, 3.8) is 0 Å². The summed E-state index contributed by atoms with van der Waals surface area (Å²) in [6, 6.07) is 0.361. The molecular formula is C9H13N3OS. The van der Waals surface area contributed by atoms with Crippen LogP contribution in [0, 0.1) is 5.92 Å². The Hall–Kier alpha value is -0.810. The van der Waals surface area contributed by atoms with Crippen molar-refractivity contribution in [3.8, 4) is 0 Å². The Labute approximate surface area is 87.2 Å². The number of aliphatic hydroxyl groups is 1. The predicted octanol–water partition coefficient (Wildman–Crippen LogP) is 0.991. The number of nitrogens with zero attached hydrogens (tertiary/aromatic N) is 2. The van der Waals surface area contributed by atoms with Crippen LogP contribution in [0.3, 0.4) is 0 Å². The zero-order valence-corrected chi connectivity index (χ0v) is 8.79. The average molecular weight is 211 g/mol. The Morgan fingerprint density at radius 1 is 1.57 bits per heavy atom. The van der Waals surface area contributed by atoms with Crippen LogP contribution in [0.5, 0.6) is 0 Å². The molecule has 1 aromatic heterocycles. The van der Waals surface area contributed by atoms with E-state index in [1.165, 1.54) is 0 Å². The lowest BCUT2D eigenvalue weighted by Crippen LogP contribution is -2.09. The molecule has 0 radical (unpaired) electrons. The molecule has 1 saturated carbocycles.